The van der Waals surface area contributed by atoms with Gasteiger partial charge in [0.05, 0.1) is 29.8 Å². The summed E-state index contributed by atoms with van der Waals surface area (Å²) in [5.74, 6) is -0.0200. The molecule has 0 aliphatic carbocycles. The number of nitrogens with one attached hydrogen (secondary N) is 1. The minimum Gasteiger partial charge on any atom is -0.459 e. The van der Waals surface area contributed by atoms with Gasteiger partial charge in [-0.2, -0.15) is 0 Å². The SMILES string of the molecule is CC1=C(C(=O)OC(C)C)[C@@H](c2ccc(C(C)C)cc2)N2C(CC(=O)NC(C)C)=CSC2=N1. The zero-order chi connectivity index (χ0) is 23.6. The van der Waals surface area contributed by atoms with Gasteiger partial charge in [-0.3, -0.25) is 4.79 Å². The van der Waals surface area contributed by atoms with E-state index >= 15 is 0 Å². The lowest BCUT2D eigenvalue weighted by Crippen LogP contribution is -2.39. The first-order chi connectivity index (χ1) is 15.1. The van der Waals surface area contributed by atoms with Crippen LogP contribution >= 0.6 is 11.8 Å². The number of nitrogens with zero attached hydrogens (tertiary/aromatic N) is 2. The molecular formula is C25H33N3O3S. The second-order valence-corrected chi connectivity index (χ2v) is 9.90. The second-order valence-electron chi connectivity index (χ2n) is 9.07. The number of hydrogen-bond donors (Lipinski definition) is 1. The van der Waals surface area contributed by atoms with Crippen molar-refractivity contribution in [3.63, 3.8) is 0 Å². The summed E-state index contributed by atoms with van der Waals surface area (Å²) in [4.78, 5) is 32.4. The van der Waals surface area contributed by atoms with Crippen LogP contribution in [0.4, 0.5) is 0 Å². The maximum absolute atomic E-state index is 13.2. The van der Waals surface area contributed by atoms with Crippen LogP contribution in [0.2, 0.25) is 0 Å². The maximum Gasteiger partial charge on any atom is 0.338 e. The number of amides is 1. The lowest BCUT2D eigenvalue weighted by molar-refractivity contribution is -0.143. The summed E-state index contributed by atoms with van der Waals surface area (Å²) in [6.45, 7) is 13.7. The zero-order valence-corrected chi connectivity index (χ0v) is 20.7. The van der Waals surface area contributed by atoms with Gasteiger partial charge < -0.3 is 15.0 Å². The van der Waals surface area contributed by atoms with Crippen LogP contribution in [-0.2, 0) is 14.3 Å². The number of fused-ring (bicyclic) bond motifs is 1. The molecule has 7 heteroatoms. The first-order valence-electron chi connectivity index (χ1n) is 11.1. The van der Waals surface area contributed by atoms with Gasteiger partial charge in [0, 0.05) is 11.7 Å². The Kier molecular flexibility index (Phi) is 7.49. The van der Waals surface area contributed by atoms with Crippen molar-refractivity contribution in [1.29, 1.82) is 0 Å². The van der Waals surface area contributed by atoms with Crippen molar-refractivity contribution in [3.8, 4) is 0 Å². The number of allylic oxidation sites excluding steroid dienone is 1. The van der Waals surface area contributed by atoms with Crippen LogP contribution in [0.3, 0.4) is 0 Å². The number of carbonyl (C=O) groups is 2. The highest BCUT2D eigenvalue weighted by Crippen LogP contribution is 2.45. The highest BCUT2D eigenvalue weighted by atomic mass is 32.2. The third-order valence-corrected chi connectivity index (χ3v) is 6.16. The molecule has 0 unspecified atom stereocenters. The summed E-state index contributed by atoms with van der Waals surface area (Å²) < 4.78 is 5.59. The molecular weight excluding hydrogens is 422 g/mol. The van der Waals surface area contributed by atoms with E-state index in [1.807, 2.05) is 44.9 Å². The average molecular weight is 456 g/mol. The van der Waals surface area contributed by atoms with Crippen molar-refractivity contribution in [2.24, 2.45) is 4.99 Å². The number of thioether (sulfide) groups is 1. The molecule has 1 atom stereocenters. The molecule has 0 saturated carbocycles. The van der Waals surface area contributed by atoms with Gasteiger partial charge in [-0.25, -0.2) is 9.79 Å². The summed E-state index contributed by atoms with van der Waals surface area (Å²) in [5, 5.41) is 5.68. The fourth-order valence-electron chi connectivity index (χ4n) is 3.82. The third-order valence-electron chi connectivity index (χ3n) is 5.27. The highest BCUT2D eigenvalue weighted by Gasteiger charge is 2.41. The minimum atomic E-state index is -0.400. The zero-order valence-electron chi connectivity index (χ0n) is 19.9. The minimum absolute atomic E-state index is 0.0559. The van der Waals surface area contributed by atoms with Crippen LogP contribution in [0.5, 0.6) is 0 Å². The molecule has 32 heavy (non-hydrogen) atoms. The molecule has 2 heterocycles. The van der Waals surface area contributed by atoms with Crippen molar-refractivity contribution in [2.45, 2.75) is 79.0 Å². The van der Waals surface area contributed by atoms with Gasteiger partial charge in [-0.1, -0.05) is 49.9 Å². The number of carbonyl (C=O) groups excluding carboxylic acids is 2. The highest BCUT2D eigenvalue weighted by molar-refractivity contribution is 8.16. The molecule has 6 nitrogen and oxygen atoms in total. The second kappa shape index (κ2) is 9.94. The predicted molar refractivity (Wildman–Crippen MR) is 130 cm³/mol. The van der Waals surface area contributed by atoms with E-state index in [9.17, 15) is 9.59 Å². The molecule has 2 aliphatic rings. The van der Waals surface area contributed by atoms with E-state index in [1.165, 1.54) is 17.3 Å². The van der Waals surface area contributed by atoms with E-state index < -0.39 is 6.04 Å². The van der Waals surface area contributed by atoms with E-state index in [-0.39, 0.29) is 30.4 Å². The normalized spacial score (nSPS) is 18.2. The third kappa shape index (κ3) is 5.26. The van der Waals surface area contributed by atoms with Crippen LogP contribution in [0.25, 0.3) is 0 Å². The Morgan fingerprint density at radius 2 is 1.78 bits per heavy atom. The summed E-state index contributed by atoms with van der Waals surface area (Å²) in [6.07, 6.45) is -0.0204. The van der Waals surface area contributed by atoms with Crippen LogP contribution < -0.4 is 5.32 Å². The van der Waals surface area contributed by atoms with Crippen molar-refractivity contribution in [1.82, 2.24) is 10.2 Å². The monoisotopic (exact) mass is 455 g/mol. The number of benzene rings is 1. The van der Waals surface area contributed by atoms with Gasteiger partial charge in [0.15, 0.2) is 5.17 Å². The molecule has 0 saturated heterocycles. The Labute approximate surface area is 195 Å². The van der Waals surface area contributed by atoms with Gasteiger partial charge in [-0.05, 0) is 57.1 Å². The predicted octanol–water partition coefficient (Wildman–Crippen LogP) is 5.25. The van der Waals surface area contributed by atoms with Crippen LogP contribution in [0, 0.1) is 0 Å². The molecule has 0 spiro atoms. The molecule has 0 radical (unpaired) electrons. The number of hydrogen-bond acceptors (Lipinski definition) is 6. The largest absolute Gasteiger partial charge is 0.459 e. The van der Waals surface area contributed by atoms with E-state index in [0.29, 0.717) is 17.2 Å². The lowest BCUT2D eigenvalue weighted by Gasteiger charge is -2.36. The molecule has 3 rings (SSSR count). The fraction of sp³-hybridized carbons (Fsp3) is 0.480. The van der Waals surface area contributed by atoms with Gasteiger partial charge in [0.1, 0.15) is 0 Å². The van der Waals surface area contributed by atoms with Crippen LogP contribution in [0.15, 0.2) is 51.6 Å². The van der Waals surface area contributed by atoms with Crippen LogP contribution in [-0.4, -0.2) is 34.1 Å². The molecule has 1 amide bonds. The van der Waals surface area contributed by atoms with E-state index in [1.54, 1.807) is 0 Å². The van der Waals surface area contributed by atoms with Crippen LogP contribution in [0.1, 0.15) is 78.0 Å². The number of rotatable bonds is 7. The van der Waals surface area contributed by atoms with Gasteiger partial charge in [0.25, 0.3) is 0 Å². The molecule has 0 aromatic heterocycles. The average Bonchev–Trinajstić information content (AvgIpc) is 3.07. The summed E-state index contributed by atoms with van der Waals surface area (Å²) in [6, 6.07) is 7.99. The standard InChI is InChI=1S/C25H33N3O3S/c1-14(2)18-8-10-19(11-9-18)23-22(24(30)31-16(5)6)17(7)27-25-28(23)20(13-32-25)12-21(29)26-15(3)4/h8-11,13-16,23H,12H2,1-7H3,(H,26,29)/t23-/m1/s1. The molecule has 0 bridgehead atoms. The summed E-state index contributed by atoms with van der Waals surface area (Å²) in [5.41, 5.74) is 4.18. The Morgan fingerprint density at radius 1 is 1.12 bits per heavy atom. The Hall–Kier alpha value is -2.54. The first kappa shape index (κ1) is 24.1. The Bertz CT molecular complexity index is 975. The van der Waals surface area contributed by atoms with Gasteiger partial charge in [-0.15, -0.1) is 0 Å². The van der Waals surface area contributed by atoms with Crippen molar-refractivity contribution in [3.05, 3.63) is 57.8 Å². The molecule has 2 aliphatic heterocycles. The Morgan fingerprint density at radius 3 is 2.34 bits per heavy atom. The number of aliphatic imine (C=N–C) groups is 1. The van der Waals surface area contributed by atoms with Gasteiger partial charge >= 0.3 is 5.97 Å². The molecule has 172 valence electrons. The summed E-state index contributed by atoms with van der Waals surface area (Å²) in [7, 11) is 0. The fourth-order valence-corrected chi connectivity index (χ4v) is 4.79. The molecule has 1 aromatic rings. The smallest absolute Gasteiger partial charge is 0.338 e. The van der Waals surface area contributed by atoms with Crippen molar-refractivity contribution < 1.29 is 14.3 Å². The molecule has 1 aromatic carbocycles. The maximum atomic E-state index is 13.2. The van der Waals surface area contributed by atoms with E-state index in [4.69, 9.17) is 9.73 Å². The van der Waals surface area contributed by atoms with E-state index in [0.717, 1.165) is 16.4 Å². The first-order valence-corrected chi connectivity index (χ1v) is 12.0. The summed E-state index contributed by atoms with van der Waals surface area (Å²) >= 11 is 1.48. The number of ether oxygens (including phenoxy) is 1. The van der Waals surface area contributed by atoms with Crippen molar-refractivity contribution >= 4 is 28.8 Å². The number of esters is 1. The Balaban J connectivity index is 2.04. The van der Waals surface area contributed by atoms with Crippen molar-refractivity contribution in [2.75, 3.05) is 0 Å². The topological polar surface area (TPSA) is 71.0 Å². The number of amidine groups is 1. The molecule has 0 fully saturated rings. The quantitative estimate of drug-likeness (QED) is 0.569. The van der Waals surface area contributed by atoms with E-state index in [2.05, 4.69) is 43.4 Å². The van der Waals surface area contributed by atoms with Gasteiger partial charge in [0.2, 0.25) is 5.91 Å². The lowest BCUT2D eigenvalue weighted by atomic mass is 9.92. The molecule has 1 N–H and O–H groups in total.